The van der Waals surface area contributed by atoms with Gasteiger partial charge in [-0.3, -0.25) is 0 Å². The molecule has 1 rings (SSSR count). The number of rotatable bonds is 9. The standard InChI is InChI=1S/C8H18Cl5N3O4P3/c1-2-3-4-5-19-23(20-7-8(18)6-17)15(9)21(11)14-22(12,13)16(23)10/h8,17-18H,2-7H2,1H3/q+1. The van der Waals surface area contributed by atoms with Crippen LogP contribution in [0, 0.1) is 0 Å². The van der Waals surface area contributed by atoms with E-state index < -0.39 is 34.2 Å². The average molecular weight is 490 g/mol. The minimum absolute atomic E-state index is 0.279. The Morgan fingerprint density at radius 1 is 1.30 bits per heavy atom. The molecule has 0 fully saturated rings. The summed E-state index contributed by atoms with van der Waals surface area (Å²) in [7, 11) is -5.15. The monoisotopic (exact) mass is 488 g/mol. The highest BCUT2D eigenvalue weighted by atomic mass is 35.9. The van der Waals surface area contributed by atoms with Crippen LogP contribution in [0.25, 0.3) is 0 Å². The molecule has 0 aromatic carbocycles. The summed E-state index contributed by atoms with van der Waals surface area (Å²) in [5, 5.41) is 18.5. The molecule has 3 atom stereocenters. The molecule has 0 amide bonds. The second-order valence-electron chi connectivity index (χ2n) is 4.43. The smallest absolute Gasteiger partial charge is 0.394 e. The highest BCUT2D eigenvalue weighted by Crippen LogP contribution is 2.92. The van der Waals surface area contributed by atoms with Crippen molar-refractivity contribution >= 4 is 78.8 Å². The summed E-state index contributed by atoms with van der Waals surface area (Å²) in [5.41, 5.74) is 0. The minimum Gasteiger partial charge on any atom is -0.394 e. The van der Waals surface area contributed by atoms with Crippen LogP contribution in [0.4, 0.5) is 0 Å². The predicted octanol–water partition coefficient (Wildman–Crippen LogP) is 6.06. The van der Waals surface area contributed by atoms with Crippen molar-refractivity contribution in [2.75, 3.05) is 19.8 Å². The molecule has 0 aromatic rings. The Balaban J connectivity index is 3.02. The van der Waals surface area contributed by atoms with Gasteiger partial charge in [0.25, 0.3) is 13.5 Å². The Hall–Kier alpha value is 2.30. The summed E-state index contributed by atoms with van der Waals surface area (Å²) < 4.78 is 17.4. The van der Waals surface area contributed by atoms with Crippen molar-refractivity contribution in [3.8, 4) is 0 Å². The summed E-state index contributed by atoms with van der Waals surface area (Å²) in [6.45, 7) is 1.56. The van der Waals surface area contributed by atoms with E-state index in [0.717, 1.165) is 27.2 Å². The van der Waals surface area contributed by atoms with Crippen molar-refractivity contribution in [3.05, 3.63) is 0 Å². The molecule has 23 heavy (non-hydrogen) atoms. The van der Waals surface area contributed by atoms with E-state index in [1.807, 2.05) is 6.92 Å². The van der Waals surface area contributed by atoms with E-state index in [1.165, 1.54) is 0 Å². The first-order chi connectivity index (χ1) is 10.7. The van der Waals surface area contributed by atoms with E-state index in [0.29, 0.717) is 0 Å². The Kier molecular flexibility index (Phi) is 10.7. The molecule has 15 heteroatoms. The van der Waals surface area contributed by atoms with Gasteiger partial charge < -0.3 is 10.2 Å². The maximum absolute atomic E-state index is 9.54. The molecule has 0 aliphatic carbocycles. The second kappa shape index (κ2) is 10.6. The second-order valence-corrected chi connectivity index (χ2v) is 16.1. The number of unbranched alkanes of at least 4 members (excludes halogenated alkanes) is 2. The molecule has 0 spiro atoms. The average Bonchev–Trinajstić information content (AvgIpc) is 2.51. The van der Waals surface area contributed by atoms with Crippen molar-refractivity contribution in [1.29, 1.82) is 0 Å². The van der Waals surface area contributed by atoms with Crippen molar-refractivity contribution in [1.82, 2.24) is 7.92 Å². The van der Waals surface area contributed by atoms with Crippen molar-refractivity contribution in [2.24, 2.45) is 4.52 Å². The van der Waals surface area contributed by atoms with E-state index in [9.17, 15) is 5.11 Å². The molecule has 7 nitrogen and oxygen atoms in total. The number of aliphatic hydroxyl groups is 2. The van der Waals surface area contributed by atoms with Gasteiger partial charge in [-0.2, -0.15) is 13.6 Å². The van der Waals surface area contributed by atoms with Gasteiger partial charge in [-0.1, -0.05) is 19.8 Å². The third-order valence-corrected chi connectivity index (χ3v) is 16.3. The van der Waals surface area contributed by atoms with Gasteiger partial charge in [0.1, 0.15) is 12.7 Å². The van der Waals surface area contributed by atoms with Crippen molar-refractivity contribution in [2.45, 2.75) is 32.3 Å². The largest absolute Gasteiger partial charge is 0.480 e. The fourth-order valence-corrected chi connectivity index (χ4v) is 14.6. The Morgan fingerprint density at radius 2 is 1.96 bits per heavy atom. The van der Waals surface area contributed by atoms with Crippen LogP contribution < -0.4 is 0 Å². The van der Waals surface area contributed by atoms with E-state index in [4.69, 9.17) is 71.4 Å². The van der Waals surface area contributed by atoms with Crippen LogP contribution in [-0.4, -0.2) is 44.1 Å². The zero-order valence-corrected chi connectivity index (χ0v) is 18.6. The van der Waals surface area contributed by atoms with Gasteiger partial charge in [0.15, 0.2) is 0 Å². The zero-order chi connectivity index (χ0) is 17.7. The third-order valence-electron chi connectivity index (χ3n) is 2.59. The highest BCUT2D eigenvalue weighted by Gasteiger charge is 2.68. The van der Waals surface area contributed by atoms with Crippen molar-refractivity contribution in [3.63, 3.8) is 0 Å². The number of aliphatic hydroxyl groups excluding tert-OH is 2. The summed E-state index contributed by atoms with van der Waals surface area (Å²) in [6, 6.07) is 0. The SMILES string of the molecule is CCCCCO[P+]1(OCC(O)CO)N(Cl)P(Cl)N=P(Cl)(Cl)N1Cl. The molecule has 3 unspecified atom stereocenters. The molecule has 1 heterocycles. The molecule has 0 saturated carbocycles. The van der Waals surface area contributed by atoms with Crippen LogP contribution in [0.2, 0.25) is 0 Å². The Labute approximate surface area is 162 Å². The van der Waals surface area contributed by atoms with Crippen LogP contribution in [0.15, 0.2) is 4.52 Å². The Morgan fingerprint density at radius 3 is 2.52 bits per heavy atom. The lowest BCUT2D eigenvalue weighted by atomic mass is 10.3. The molecule has 1 aliphatic rings. The lowest BCUT2D eigenvalue weighted by Gasteiger charge is -2.36. The van der Waals surface area contributed by atoms with Gasteiger partial charge in [0, 0.05) is 31.5 Å². The lowest BCUT2D eigenvalue weighted by molar-refractivity contribution is 0.0448. The quantitative estimate of drug-likeness (QED) is 0.233. The molecule has 0 radical (unpaired) electrons. The summed E-state index contributed by atoms with van der Waals surface area (Å²) >= 11 is 30.9. The Bertz CT molecular complexity index is 436. The van der Waals surface area contributed by atoms with Crippen LogP contribution in [0.3, 0.4) is 0 Å². The maximum atomic E-state index is 9.54. The van der Waals surface area contributed by atoms with Gasteiger partial charge in [-0.25, -0.2) is 0 Å². The topological polar surface area (TPSA) is 77.8 Å². The third kappa shape index (κ3) is 6.16. The maximum Gasteiger partial charge on any atom is 0.480 e. The lowest BCUT2D eigenvalue weighted by Crippen LogP contribution is -2.29. The zero-order valence-electron chi connectivity index (χ0n) is 12.1. The molecule has 1 aliphatic heterocycles. The van der Waals surface area contributed by atoms with Crippen LogP contribution >= 0.6 is 78.8 Å². The molecule has 0 saturated heterocycles. The summed E-state index contributed by atoms with van der Waals surface area (Å²) in [4.78, 5) is 0. The minimum atomic E-state index is -3.34. The molecular formula is C8H18Cl5N3O4P3+. The highest BCUT2D eigenvalue weighted by molar-refractivity contribution is 8.17. The van der Waals surface area contributed by atoms with Gasteiger partial charge >= 0.3 is 8.02 Å². The molecule has 138 valence electrons. The predicted molar refractivity (Wildman–Crippen MR) is 101 cm³/mol. The van der Waals surface area contributed by atoms with Gasteiger partial charge in [-0.15, -0.1) is 0 Å². The van der Waals surface area contributed by atoms with E-state index in [1.54, 1.807) is 0 Å². The van der Waals surface area contributed by atoms with E-state index in [2.05, 4.69) is 4.52 Å². The molecule has 2 N–H and O–H groups in total. The van der Waals surface area contributed by atoms with E-state index >= 15 is 0 Å². The first-order valence-corrected chi connectivity index (χ1v) is 14.4. The van der Waals surface area contributed by atoms with E-state index in [-0.39, 0.29) is 13.2 Å². The summed E-state index contributed by atoms with van der Waals surface area (Å²) in [5.74, 6) is -3.17. The van der Waals surface area contributed by atoms with Crippen LogP contribution in [0.1, 0.15) is 26.2 Å². The summed E-state index contributed by atoms with van der Waals surface area (Å²) in [6.07, 6.45) is 1.53. The number of halogens is 5. The fourth-order valence-electron chi connectivity index (χ4n) is 1.44. The van der Waals surface area contributed by atoms with Crippen LogP contribution in [0.5, 0.6) is 0 Å². The van der Waals surface area contributed by atoms with Gasteiger partial charge in [0.05, 0.1) is 13.2 Å². The normalized spacial score (nSPS) is 30.2. The number of hydrogen-bond donors (Lipinski definition) is 2. The van der Waals surface area contributed by atoms with Crippen molar-refractivity contribution < 1.29 is 19.3 Å². The van der Waals surface area contributed by atoms with Gasteiger partial charge in [0.2, 0.25) is 0 Å². The molecule has 0 bridgehead atoms. The molecular weight excluding hydrogens is 472 g/mol. The van der Waals surface area contributed by atoms with Gasteiger partial charge in [-0.05, 0) is 40.1 Å². The number of nitrogens with zero attached hydrogens (tertiary/aromatic N) is 3. The first-order valence-electron chi connectivity index (χ1n) is 6.59. The number of hydrogen-bond acceptors (Lipinski definition) is 7. The molecule has 0 aromatic heterocycles. The fraction of sp³-hybridized carbons (Fsp3) is 1.00. The first kappa shape index (κ1) is 23.3. The van der Waals surface area contributed by atoms with Crippen LogP contribution in [-0.2, 0) is 9.05 Å².